The fourth-order valence-corrected chi connectivity index (χ4v) is 2.54. The van der Waals surface area contributed by atoms with Crippen LogP contribution in [0.25, 0.3) is 0 Å². The Bertz CT molecular complexity index is 881. The molecule has 140 valence electrons. The molecular weight excluding hydrogens is 353 g/mol. The number of rotatable bonds is 5. The van der Waals surface area contributed by atoms with Gasteiger partial charge in [0, 0.05) is 12.0 Å². The fourth-order valence-electron chi connectivity index (χ4n) is 2.54. The molecule has 1 heterocycles. The molecule has 0 saturated heterocycles. The number of hydrazone groups is 1. The Labute approximate surface area is 155 Å². The SMILES string of the molecule is CCOC(=O)N/N=C(/Cc1ccc(F)cc1)c1ccc2c(c1)NC(=O)CO2. The zero-order chi connectivity index (χ0) is 19.2. The highest BCUT2D eigenvalue weighted by Crippen LogP contribution is 2.29. The molecule has 7 nitrogen and oxygen atoms in total. The molecule has 0 aliphatic carbocycles. The number of ether oxygens (including phenoxy) is 2. The van der Waals surface area contributed by atoms with Crippen molar-refractivity contribution < 1.29 is 23.5 Å². The zero-order valence-electron chi connectivity index (χ0n) is 14.6. The van der Waals surface area contributed by atoms with E-state index in [-0.39, 0.29) is 24.9 Å². The van der Waals surface area contributed by atoms with Gasteiger partial charge in [0.05, 0.1) is 18.0 Å². The lowest BCUT2D eigenvalue weighted by Crippen LogP contribution is -2.26. The van der Waals surface area contributed by atoms with E-state index >= 15 is 0 Å². The average molecular weight is 371 g/mol. The van der Waals surface area contributed by atoms with Crippen molar-refractivity contribution in [3.63, 3.8) is 0 Å². The lowest BCUT2D eigenvalue weighted by atomic mass is 10.0. The van der Waals surface area contributed by atoms with E-state index in [2.05, 4.69) is 15.8 Å². The van der Waals surface area contributed by atoms with Crippen LogP contribution in [0.5, 0.6) is 5.75 Å². The Morgan fingerprint density at radius 1 is 1.30 bits per heavy atom. The summed E-state index contributed by atoms with van der Waals surface area (Å²) >= 11 is 0. The van der Waals surface area contributed by atoms with Crippen molar-refractivity contribution in [2.75, 3.05) is 18.5 Å². The average Bonchev–Trinajstić information content (AvgIpc) is 2.66. The largest absolute Gasteiger partial charge is 0.482 e. The summed E-state index contributed by atoms with van der Waals surface area (Å²) in [7, 11) is 0. The maximum absolute atomic E-state index is 13.2. The number of hydrogen-bond donors (Lipinski definition) is 2. The van der Waals surface area contributed by atoms with Crippen molar-refractivity contribution in [1.82, 2.24) is 5.43 Å². The van der Waals surface area contributed by atoms with Gasteiger partial charge in [0.15, 0.2) is 6.61 Å². The number of fused-ring (bicyclic) bond motifs is 1. The molecule has 0 unspecified atom stereocenters. The lowest BCUT2D eigenvalue weighted by Gasteiger charge is -2.19. The molecule has 27 heavy (non-hydrogen) atoms. The quantitative estimate of drug-likeness (QED) is 0.625. The number of hydrogen-bond acceptors (Lipinski definition) is 5. The Kier molecular flexibility index (Phi) is 5.65. The number of nitrogens with one attached hydrogen (secondary N) is 2. The number of nitrogens with zero attached hydrogens (tertiary/aromatic N) is 1. The predicted molar refractivity (Wildman–Crippen MR) is 97.4 cm³/mol. The van der Waals surface area contributed by atoms with Crippen molar-refractivity contribution in [1.29, 1.82) is 0 Å². The second kappa shape index (κ2) is 8.31. The van der Waals surface area contributed by atoms with Crippen LogP contribution in [0.4, 0.5) is 14.9 Å². The molecule has 1 aliphatic rings. The minimum atomic E-state index is -0.677. The molecule has 2 N–H and O–H groups in total. The van der Waals surface area contributed by atoms with E-state index in [1.807, 2.05) is 0 Å². The van der Waals surface area contributed by atoms with Crippen molar-refractivity contribution in [2.24, 2.45) is 5.10 Å². The van der Waals surface area contributed by atoms with Gasteiger partial charge in [-0.2, -0.15) is 5.10 Å². The van der Waals surface area contributed by atoms with Gasteiger partial charge in [0.25, 0.3) is 5.91 Å². The van der Waals surface area contributed by atoms with E-state index in [1.54, 1.807) is 37.3 Å². The summed E-state index contributed by atoms with van der Waals surface area (Å²) in [6, 6.07) is 11.2. The standard InChI is InChI=1S/C19H18FN3O4/c1-2-26-19(25)23-22-15(9-12-3-6-14(20)7-4-12)13-5-8-17-16(10-13)21-18(24)11-27-17/h3-8,10H,2,9,11H2,1H3,(H,21,24)(H,23,25)/b22-15-. The summed E-state index contributed by atoms with van der Waals surface area (Å²) < 4.78 is 23.3. The van der Waals surface area contributed by atoms with Gasteiger partial charge in [-0.1, -0.05) is 12.1 Å². The van der Waals surface area contributed by atoms with Crippen molar-refractivity contribution in [2.45, 2.75) is 13.3 Å². The topological polar surface area (TPSA) is 89.0 Å². The van der Waals surface area contributed by atoms with Crippen LogP contribution < -0.4 is 15.5 Å². The zero-order valence-corrected chi connectivity index (χ0v) is 14.6. The molecule has 0 radical (unpaired) electrons. The van der Waals surface area contributed by atoms with Gasteiger partial charge in [-0.25, -0.2) is 14.6 Å². The first-order valence-corrected chi connectivity index (χ1v) is 8.36. The summed E-state index contributed by atoms with van der Waals surface area (Å²) in [5.41, 5.74) is 4.84. The van der Waals surface area contributed by atoms with Crippen molar-refractivity contribution in [3.8, 4) is 5.75 Å². The summed E-state index contributed by atoms with van der Waals surface area (Å²) in [6.45, 7) is 1.87. The minimum Gasteiger partial charge on any atom is -0.482 e. The van der Waals surface area contributed by atoms with Gasteiger partial charge in [0.1, 0.15) is 11.6 Å². The van der Waals surface area contributed by atoms with Crippen LogP contribution in [0.1, 0.15) is 18.1 Å². The monoisotopic (exact) mass is 371 g/mol. The van der Waals surface area contributed by atoms with E-state index in [1.165, 1.54) is 12.1 Å². The smallest absolute Gasteiger partial charge is 0.427 e. The third-order valence-electron chi connectivity index (χ3n) is 3.79. The molecule has 0 atom stereocenters. The third-order valence-corrected chi connectivity index (χ3v) is 3.79. The first-order valence-electron chi connectivity index (χ1n) is 8.36. The third kappa shape index (κ3) is 4.81. The molecule has 1 aliphatic heterocycles. The van der Waals surface area contributed by atoms with Crippen LogP contribution in [-0.2, 0) is 16.0 Å². The number of carbonyl (C=O) groups excluding carboxylic acids is 2. The molecule has 0 saturated carbocycles. The van der Waals surface area contributed by atoms with Crippen molar-refractivity contribution in [3.05, 3.63) is 59.4 Å². The molecule has 2 aromatic rings. The number of anilines is 1. The molecule has 0 aromatic heterocycles. The molecule has 0 fully saturated rings. The van der Waals surface area contributed by atoms with E-state index in [4.69, 9.17) is 9.47 Å². The van der Waals surface area contributed by atoms with Crippen molar-refractivity contribution >= 4 is 23.4 Å². The number of carbonyl (C=O) groups is 2. The molecule has 2 aromatic carbocycles. The van der Waals surface area contributed by atoms with Crippen LogP contribution >= 0.6 is 0 Å². The van der Waals surface area contributed by atoms with Gasteiger partial charge in [-0.05, 0) is 42.8 Å². The summed E-state index contributed by atoms with van der Waals surface area (Å²) in [4.78, 5) is 23.1. The van der Waals surface area contributed by atoms with E-state index < -0.39 is 6.09 Å². The van der Waals surface area contributed by atoms with E-state index in [0.29, 0.717) is 29.1 Å². The molecule has 2 amide bonds. The van der Waals surface area contributed by atoms with Crippen LogP contribution in [0.2, 0.25) is 0 Å². The maximum Gasteiger partial charge on any atom is 0.427 e. The second-order valence-corrected chi connectivity index (χ2v) is 5.74. The Hall–Kier alpha value is -3.42. The molecule has 0 bridgehead atoms. The van der Waals surface area contributed by atoms with Gasteiger partial charge >= 0.3 is 6.09 Å². The van der Waals surface area contributed by atoms with Crippen LogP contribution in [0, 0.1) is 5.82 Å². The highest BCUT2D eigenvalue weighted by atomic mass is 19.1. The Morgan fingerprint density at radius 3 is 2.81 bits per heavy atom. The molecule has 8 heteroatoms. The van der Waals surface area contributed by atoms with Gasteiger partial charge in [0.2, 0.25) is 0 Å². The van der Waals surface area contributed by atoms with Gasteiger partial charge < -0.3 is 14.8 Å². The van der Waals surface area contributed by atoms with E-state index in [0.717, 1.165) is 5.56 Å². The molecular formula is C19H18FN3O4. The summed E-state index contributed by atoms with van der Waals surface area (Å²) in [6.07, 6.45) is -0.344. The number of amides is 2. The predicted octanol–water partition coefficient (Wildman–Crippen LogP) is 2.85. The maximum atomic E-state index is 13.2. The fraction of sp³-hybridized carbons (Fsp3) is 0.211. The number of halogens is 1. The second-order valence-electron chi connectivity index (χ2n) is 5.74. The van der Waals surface area contributed by atoms with Crippen LogP contribution in [0.15, 0.2) is 47.6 Å². The Morgan fingerprint density at radius 2 is 2.07 bits per heavy atom. The first kappa shape index (κ1) is 18.4. The van der Waals surface area contributed by atoms with Gasteiger partial charge in [-0.3, -0.25) is 4.79 Å². The molecule has 0 spiro atoms. The lowest BCUT2D eigenvalue weighted by molar-refractivity contribution is -0.118. The van der Waals surface area contributed by atoms with E-state index in [9.17, 15) is 14.0 Å². The summed E-state index contributed by atoms with van der Waals surface area (Å²) in [5, 5.41) is 6.87. The minimum absolute atomic E-state index is 0.0344. The first-order chi connectivity index (χ1) is 13.0. The molecule has 3 rings (SSSR count). The highest BCUT2D eigenvalue weighted by Gasteiger charge is 2.18. The summed E-state index contributed by atoms with van der Waals surface area (Å²) in [5.74, 6) is -0.0327. The van der Waals surface area contributed by atoms with Crippen LogP contribution in [-0.4, -0.2) is 30.9 Å². The Balaban J connectivity index is 1.89. The van der Waals surface area contributed by atoms with Gasteiger partial charge in [-0.15, -0.1) is 0 Å². The number of benzene rings is 2. The normalized spacial score (nSPS) is 13.3. The highest BCUT2D eigenvalue weighted by molar-refractivity contribution is 6.04. The van der Waals surface area contributed by atoms with Crippen LogP contribution in [0.3, 0.4) is 0 Å².